The Balaban J connectivity index is 1.30. The molecule has 2 amide bonds. The molecule has 0 spiro atoms. The highest BCUT2D eigenvalue weighted by Gasteiger charge is 2.12. The molecule has 36 heavy (non-hydrogen) atoms. The van der Waals surface area contributed by atoms with Gasteiger partial charge < -0.3 is 24.8 Å². The van der Waals surface area contributed by atoms with Crippen molar-refractivity contribution >= 4 is 23.3 Å². The number of rotatable bonds is 10. The van der Waals surface area contributed by atoms with E-state index >= 15 is 0 Å². The Labute approximate surface area is 208 Å². The molecule has 0 aliphatic carbocycles. The van der Waals surface area contributed by atoms with Gasteiger partial charge in [0.15, 0.2) is 18.2 Å². The first-order chi connectivity index (χ1) is 17.6. The number of carbonyl (C=O) groups is 2. The van der Waals surface area contributed by atoms with Crippen LogP contribution in [0.5, 0.6) is 17.2 Å². The molecule has 0 fully saturated rings. The number of aromatic nitrogens is 2. The van der Waals surface area contributed by atoms with Gasteiger partial charge in [0.25, 0.3) is 11.8 Å². The molecule has 182 valence electrons. The van der Waals surface area contributed by atoms with Crippen molar-refractivity contribution in [2.75, 3.05) is 24.4 Å². The van der Waals surface area contributed by atoms with E-state index in [1.165, 1.54) is 0 Å². The summed E-state index contributed by atoms with van der Waals surface area (Å²) in [6, 6.07) is 20.6. The summed E-state index contributed by atoms with van der Waals surface area (Å²) in [5, 5.41) is 5.51. The number of nitrogens with zero attached hydrogens (tertiary/aromatic N) is 2. The largest absolute Gasteiger partial charge is 0.497 e. The molecule has 2 aromatic heterocycles. The van der Waals surface area contributed by atoms with E-state index in [0.29, 0.717) is 40.9 Å². The second-order valence-corrected chi connectivity index (χ2v) is 7.54. The highest BCUT2D eigenvalue weighted by molar-refractivity contribution is 6.04. The van der Waals surface area contributed by atoms with Crippen LogP contribution < -0.4 is 24.8 Å². The average Bonchev–Trinajstić information content (AvgIpc) is 2.92. The molecule has 0 aliphatic heterocycles. The van der Waals surface area contributed by atoms with Crippen molar-refractivity contribution in [2.24, 2.45) is 0 Å². The van der Waals surface area contributed by atoms with Crippen molar-refractivity contribution in [3.05, 3.63) is 103 Å². The maximum absolute atomic E-state index is 12.7. The van der Waals surface area contributed by atoms with Gasteiger partial charge in [0, 0.05) is 35.9 Å². The van der Waals surface area contributed by atoms with Crippen molar-refractivity contribution in [2.45, 2.75) is 6.61 Å². The highest BCUT2D eigenvalue weighted by atomic mass is 16.5. The Morgan fingerprint density at radius 1 is 0.833 bits per heavy atom. The number of anilines is 2. The smallest absolute Gasteiger partial charge is 0.262 e. The minimum absolute atomic E-state index is 0.186. The fraction of sp³-hybridized carbons (Fsp3) is 0.111. The van der Waals surface area contributed by atoms with Crippen LogP contribution in [-0.4, -0.2) is 35.5 Å². The number of methoxy groups -OCH3 is 1. The van der Waals surface area contributed by atoms with Crippen LogP contribution in [0.25, 0.3) is 0 Å². The van der Waals surface area contributed by atoms with Crippen LogP contribution in [0, 0.1) is 0 Å². The molecule has 0 bridgehead atoms. The quantitative estimate of drug-likeness (QED) is 0.345. The third kappa shape index (κ3) is 6.80. The minimum atomic E-state index is -0.357. The van der Waals surface area contributed by atoms with Crippen LogP contribution in [0.4, 0.5) is 11.5 Å². The molecular formula is C27H24N4O5. The van der Waals surface area contributed by atoms with E-state index in [4.69, 9.17) is 14.2 Å². The average molecular weight is 485 g/mol. The molecule has 2 N–H and O–H groups in total. The van der Waals surface area contributed by atoms with E-state index in [1.807, 2.05) is 12.1 Å². The van der Waals surface area contributed by atoms with Crippen molar-refractivity contribution in [3.8, 4) is 17.2 Å². The van der Waals surface area contributed by atoms with Gasteiger partial charge >= 0.3 is 0 Å². The number of hydrogen-bond acceptors (Lipinski definition) is 7. The van der Waals surface area contributed by atoms with Gasteiger partial charge in [-0.3, -0.25) is 14.6 Å². The van der Waals surface area contributed by atoms with Gasteiger partial charge in [-0.25, -0.2) is 4.98 Å². The Kier molecular flexibility index (Phi) is 8.06. The zero-order chi connectivity index (χ0) is 25.2. The maximum atomic E-state index is 12.7. The second-order valence-electron chi connectivity index (χ2n) is 7.54. The van der Waals surface area contributed by atoms with E-state index in [-0.39, 0.29) is 18.4 Å². The Hall–Kier alpha value is -4.92. The van der Waals surface area contributed by atoms with E-state index in [0.717, 1.165) is 5.56 Å². The van der Waals surface area contributed by atoms with E-state index in [1.54, 1.807) is 86.4 Å². The standard InChI is InChI=1S/C27H24N4O5/c1-34-23-5-2-4-21(16-23)30-25(32)18-35-22-9-7-20(8-10-22)27(33)31-26-24(6-3-13-29-26)36-17-19-11-14-28-15-12-19/h2-16H,17-18H2,1H3,(H,30,32)(H,29,31,33). The summed E-state index contributed by atoms with van der Waals surface area (Å²) in [6.45, 7) is 0.128. The van der Waals surface area contributed by atoms with Crippen LogP contribution in [0.2, 0.25) is 0 Å². The summed E-state index contributed by atoms with van der Waals surface area (Å²) in [4.78, 5) is 33.1. The SMILES string of the molecule is COc1cccc(NC(=O)COc2ccc(C(=O)Nc3ncccc3OCc3ccncc3)cc2)c1. The molecule has 0 atom stereocenters. The van der Waals surface area contributed by atoms with E-state index in [2.05, 4.69) is 20.6 Å². The van der Waals surface area contributed by atoms with Gasteiger partial charge in [-0.05, 0) is 66.2 Å². The highest BCUT2D eigenvalue weighted by Crippen LogP contribution is 2.23. The summed E-state index contributed by atoms with van der Waals surface area (Å²) in [5.74, 6) is 1.17. The van der Waals surface area contributed by atoms with Crippen LogP contribution in [0.15, 0.2) is 91.4 Å². The van der Waals surface area contributed by atoms with E-state index < -0.39 is 0 Å². The van der Waals surface area contributed by atoms with Crippen LogP contribution in [0.3, 0.4) is 0 Å². The predicted molar refractivity (Wildman–Crippen MR) is 134 cm³/mol. The lowest BCUT2D eigenvalue weighted by Gasteiger charge is -2.12. The molecule has 0 unspecified atom stereocenters. The first-order valence-electron chi connectivity index (χ1n) is 11.1. The summed E-state index contributed by atoms with van der Waals surface area (Å²) < 4.78 is 16.5. The number of nitrogens with one attached hydrogen (secondary N) is 2. The Bertz CT molecular complexity index is 1310. The molecule has 4 aromatic rings. The fourth-order valence-corrected chi connectivity index (χ4v) is 3.17. The molecule has 9 heteroatoms. The third-order valence-electron chi connectivity index (χ3n) is 4.99. The molecule has 4 rings (SSSR count). The first-order valence-corrected chi connectivity index (χ1v) is 11.1. The number of carbonyl (C=O) groups excluding carboxylic acids is 2. The number of benzene rings is 2. The van der Waals surface area contributed by atoms with Gasteiger partial charge in [0.1, 0.15) is 18.1 Å². The lowest BCUT2D eigenvalue weighted by Crippen LogP contribution is -2.20. The van der Waals surface area contributed by atoms with Gasteiger partial charge in [-0.15, -0.1) is 0 Å². The molecule has 2 aromatic carbocycles. The molecule has 9 nitrogen and oxygen atoms in total. The fourth-order valence-electron chi connectivity index (χ4n) is 3.17. The molecule has 0 saturated heterocycles. The van der Waals surface area contributed by atoms with Gasteiger partial charge in [-0.2, -0.15) is 0 Å². The number of ether oxygens (including phenoxy) is 3. The van der Waals surface area contributed by atoms with Crippen LogP contribution >= 0.6 is 0 Å². The van der Waals surface area contributed by atoms with Gasteiger partial charge in [0.2, 0.25) is 0 Å². The second kappa shape index (κ2) is 12.0. The zero-order valence-corrected chi connectivity index (χ0v) is 19.5. The molecule has 0 radical (unpaired) electrons. The maximum Gasteiger partial charge on any atom is 0.262 e. The van der Waals surface area contributed by atoms with Crippen molar-refractivity contribution in [3.63, 3.8) is 0 Å². The lowest BCUT2D eigenvalue weighted by atomic mass is 10.2. The van der Waals surface area contributed by atoms with Crippen molar-refractivity contribution < 1.29 is 23.8 Å². The molecule has 0 saturated carbocycles. The molecule has 2 heterocycles. The zero-order valence-electron chi connectivity index (χ0n) is 19.5. The summed E-state index contributed by atoms with van der Waals surface area (Å²) in [6.07, 6.45) is 4.94. The Morgan fingerprint density at radius 2 is 1.64 bits per heavy atom. The number of amides is 2. The number of hydrogen-bond donors (Lipinski definition) is 2. The summed E-state index contributed by atoms with van der Waals surface area (Å²) in [7, 11) is 1.56. The van der Waals surface area contributed by atoms with Crippen molar-refractivity contribution in [1.82, 2.24) is 9.97 Å². The first kappa shape index (κ1) is 24.2. The minimum Gasteiger partial charge on any atom is -0.497 e. The Morgan fingerprint density at radius 3 is 2.42 bits per heavy atom. The molecular weight excluding hydrogens is 460 g/mol. The third-order valence-corrected chi connectivity index (χ3v) is 4.99. The van der Waals surface area contributed by atoms with Crippen LogP contribution in [0.1, 0.15) is 15.9 Å². The summed E-state index contributed by atoms with van der Waals surface area (Å²) in [5.41, 5.74) is 1.95. The predicted octanol–water partition coefficient (Wildman–Crippen LogP) is 4.33. The topological polar surface area (TPSA) is 112 Å². The number of pyridine rings is 2. The lowest BCUT2D eigenvalue weighted by molar-refractivity contribution is -0.118. The summed E-state index contributed by atoms with van der Waals surface area (Å²) >= 11 is 0. The molecule has 0 aliphatic rings. The monoisotopic (exact) mass is 484 g/mol. The van der Waals surface area contributed by atoms with Gasteiger partial charge in [-0.1, -0.05) is 6.07 Å². The van der Waals surface area contributed by atoms with Gasteiger partial charge in [0.05, 0.1) is 7.11 Å². The van der Waals surface area contributed by atoms with Crippen LogP contribution in [-0.2, 0) is 11.4 Å². The van der Waals surface area contributed by atoms with Crippen molar-refractivity contribution in [1.29, 1.82) is 0 Å². The van der Waals surface area contributed by atoms with E-state index in [9.17, 15) is 9.59 Å². The normalized spacial score (nSPS) is 10.2.